The van der Waals surface area contributed by atoms with E-state index in [0.29, 0.717) is 22.5 Å². The molecule has 142 valence electrons. The summed E-state index contributed by atoms with van der Waals surface area (Å²) in [4.78, 5) is 28.1. The van der Waals surface area contributed by atoms with Gasteiger partial charge in [0.05, 0.1) is 23.6 Å². The van der Waals surface area contributed by atoms with Gasteiger partial charge in [-0.3, -0.25) is 4.79 Å². The van der Waals surface area contributed by atoms with Gasteiger partial charge in [0.15, 0.2) is 6.61 Å². The number of H-pyrrole nitrogens is 1. The van der Waals surface area contributed by atoms with Crippen molar-refractivity contribution in [2.75, 3.05) is 17.7 Å². The molecule has 2 aromatic rings. The highest BCUT2D eigenvalue weighted by atomic mass is 32.2. The van der Waals surface area contributed by atoms with Gasteiger partial charge in [0.1, 0.15) is 5.69 Å². The number of carbonyl (C=O) groups is 2. The van der Waals surface area contributed by atoms with Crippen LogP contribution in [0.1, 0.15) is 40.3 Å². The monoisotopic (exact) mass is 387 g/mol. The second-order valence-corrected chi connectivity index (χ2v) is 6.92. The molecule has 0 fully saturated rings. The van der Waals surface area contributed by atoms with Crippen molar-refractivity contribution in [3.63, 3.8) is 0 Å². The maximum absolute atomic E-state index is 12.3. The Balaban J connectivity index is 2.00. The van der Waals surface area contributed by atoms with E-state index in [4.69, 9.17) is 10.00 Å². The molecular formula is C19H21N3O4S. The number of nitriles is 1. The third kappa shape index (κ3) is 5.12. The average Bonchev–Trinajstić information content (AvgIpc) is 2.93. The first-order valence-electron chi connectivity index (χ1n) is 8.28. The number of hydrogen-bond donors (Lipinski definition) is 3. The number of nitrogens with zero attached hydrogens (tertiary/aromatic N) is 1. The number of anilines is 1. The van der Waals surface area contributed by atoms with Gasteiger partial charge in [-0.2, -0.15) is 5.26 Å². The van der Waals surface area contributed by atoms with Crippen molar-refractivity contribution in [3.8, 4) is 6.07 Å². The minimum absolute atomic E-state index is 0.223. The van der Waals surface area contributed by atoms with E-state index in [0.717, 1.165) is 4.90 Å². The number of amides is 1. The van der Waals surface area contributed by atoms with E-state index in [9.17, 15) is 14.7 Å². The second kappa shape index (κ2) is 9.26. The van der Waals surface area contributed by atoms with Crippen LogP contribution in [-0.4, -0.2) is 34.3 Å². The number of rotatable bonds is 7. The molecule has 0 aliphatic carbocycles. The van der Waals surface area contributed by atoms with Gasteiger partial charge < -0.3 is 20.1 Å². The van der Waals surface area contributed by atoms with E-state index >= 15 is 0 Å². The number of ether oxygens (including phenoxy) is 1. The Morgan fingerprint density at radius 1 is 1.37 bits per heavy atom. The van der Waals surface area contributed by atoms with Gasteiger partial charge >= 0.3 is 5.97 Å². The number of aromatic amines is 1. The highest BCUT2D eigenvalue weighted by Crippen LogP contribution is 2.27. The lowest BCUT2D eigenvalue weighted by molar-refractivity contribution is -0.119. The normalized spacial score (nSPS) is 11.5. The predicted octanol–water partition coefficient (Wildman–Crippen LogP) is 3.10. The van der Waals surface area contributed by atoms with E-state index in [1.807, 2.05) is 12.1 Å². The number of benzene rings is 1. The number of carbonyl (C=O) groups excluding carboxylic acids is 2. The SMILES string of the molecule is Cc1[nH]c(C(=O)OCC(=O)Nc2ccccc2SCC#N)c(C)c1[C@@H](C)O. The lowest BCUT2D eigenvalue weighted by atomic mass is 10.1. The largest absolute Gasteiger partial charge is 0.451 e. The van der Waals surface area contributed by atoms with E-state index in [2.05, 4.69) is 10.3 Å². The summed E-state index contributed by atoms with van der Waals surface area (Å²) in [5, 5.41) is 21.2. The van der Waals surface area contributed by atoms with Crippen LogP contribution in [0.4, 0.5) is 5.69 Å². The molecule has 0 spiro atoms. The topological polar surface area (TPSA) is 115 Å². The number of aliphatic hydroxyl groups is 1. The molecule has 3 N–H and O–H groups in total. The Hall–Kier alpha value is -2.76. The molecule has 1 amide bonds. The maximum atomic E-state index is 12.3. The van der Waals surface area contributed by atoms with Crippen LogP contribution < -0.4 is 5.32 Å². The van der Waals surface area contributed by atoms with Crippen LogP contribution in [0.25, 0.3) is 0 Å². The molecule has 0 bridgehead atoms. The zero-order chi connectivity index (χ0) is 20.0. The van der Waals surface area contributed by atoms with Gasteiger partial charge in [0.2, 0.25) is 0 Å². The van der Waals surface area contributed by atoms with Gasteiger partial charge in [0.25, 0.3) is 5.91 Å². The van der Waals surface area contributed by atoms with Gasteiger partial charge in [0, 0.05) is 16.2 Å². The fraction of sp³-hybridized carbons (Fsp3) is 0.316. The number of aryl methyl sites for hydroxylation is 1. The summed E-state index contributed by atoms with van der Waals surface area (Å²) < 4.78 is 5.09. The predicted molar refractivity (Wildman–Crippen MR) is 103 cm³/mol. The third-order valence-corrected chi connectivity index (χ3v) is 4.85. The number of esters is 1. The van der Waals surface area contributed by atoms with Crippen LogP contribution in [-0.2, 0) is 9.53 Å². The smallest absolute Gasteiger partial charge is 0.355 e. The van der Waals surface area contributed by atoms with E-state index in [-0.39, 0.29) is 11.4 Å². The molecule has 0 unspecified atom stereocenters. The molecule has 1 aromatic carbocycles. The van der Waals surface area contributed by atoms with Crippen LogP contribution in [0.15, 0.2) is 29.2 Å². The van der Waals surface area contributed by atoms with Crippen molar-refractivity contribution < 1.29 is 19.4 Å². The minimum Gasteiger partial charge on any atom is -0.451 e. The Kier molecular flexibility index (Phi) is 7.05. The van der Waals surface area contributed by atoms with E-state index in [1.54, 1.807) is 39.0 Å². The molecule has 0 saturated heterocycles. The Morgan fingerprint density at radius 2 is 2.07 bits per heavy atom. The molecule has 1 aromatic heterocycles. The van der Waals surface area contributed by atoms with Crippen molar-refractivity contribution >= 4 is 29.3 Å². The summed E-state index contributed by atoms with van der Waals surface area (Å²) >= 11 is 1.31. The Morgan fingerprint density at radius 3 is 2.70 bits per heavy atom. The summed E-state index contributed by atoms with van der Waals surface area (Å²) in [5.74, 6) is -0.881. The highest BCUT2D eigenvalue weighted by Gasteiger charge is 2.21. The van der Waals surface area contributed by atoms with E-state index in [1.165, 1.54) is 11.8 Å². The Labute approximate surface area is 161 Å². The summed E-state index contributed by atoms with van der Waals surface area (Å²) in [5.41, 5.74) is 2.71. The first-order chi connectivity index (χ1) is 12.8. The average molecular weight is 387 g/mol. The summed E-state index contributed by atoms with van der Waals surface area (Å²) in [6, 6.07) is 9.12. The van der Waals surface area contributed by atoms with Gasteiger partial charge in [-0.05, 0) is 38.5 Å². The quantitative estimate of drug-likeness (QED) is 0.497. The van der Waals surface area contributed by atoms with Gasteiger partial charge in [-0.15, -0.1) is 11.8 Å². The number of aliphatic hydroxyl groups excluding tert-OH is 1. The molecule has 2 rings (SSSR count). The molecule has 27 heavy (non-hydrogen) atoms. The zero-order valence-electron chi connectivity index (χ0n) is 15.3. The van der Waals surface area contributed by atoms with Crippen molar-refractivity contribution in [3.05, 3.63) is 46.8 Å². The molecular weight excluding hydrogens is 366 g/mol. The molecule has 0 saturated carbocycles. The lowest BCUT2D eigenvalue weighted by Gasteiger charge is -2.10. The minimum atomic E-state index is -0.714. The molecule has 1 heterocycles. The van der Waals surface area contributed by atoms with Crippen LogP contribution >= 0.6 is 11.8 Å². The van der Waals surface area contributed by atoms with Crippen molar-refractivity contribution in [1.29, 1.82) is 5.26 Å². The summed E-state index contributed by atoms with van der Waals surface area (Å²) in [7, 11) is 0. The number of nitrogens with one attached hydrogen (secondary N) is 2. The number of hydrogen-bond acceptors (Lipinski definition) is 6. The van der Waals surface area contributed by atoms with Crippen LogP contribution in [0.3, 0.4) is 0 Å². The van der Waals surface area contributed by atoms with Crippen LogP contribution in [0.2, 0.25) is 0 Å². The molecule has 7 nitrogen and oxygen atoms in total. The van der Waals surface area contributed by atoms with Crippen LogP contribution in [0, 0.1) is 25.2 Å². The highest BCUT2D eigenvalue weighted by molar-refractivity contribution is 7.99. The molecule has 1 atom stereocenters. The maximum Gasteiger partial charge on any atom is 0.355 e. The standard InChI is InChI=1S/C19H21N3O4S/c1-11-17(13(3)23)12(2)21-18(11)19(25)26-10-16(24)22-14-6-4-5-7-15(14)27-9-8-20/h4-7,13,21,23H,9-10H2,1-3H3,(H,22,24)/t13-/m1/s1. The van der Waals surface area contributed by atoms with E-state index < -0.39 is 24.6 Å². The summed E-state index contributed by atoms with van der Waals surface area (Å²) in [6.07, 6.45) is -0.714. The molecule has 0 aliphatic rings. The lowest BCUT2D eigenvalue weighted by Crippen LogP contribution is -2.21. The van der Waals surface area contributed by atoms with Gasteiger partial charge in [-0.25, -0.2) is 4.79 Å². The Bertz CT molecular complexity index is 884. The summed E-state index contributed by atoms with van der Waals surface area (Å²) in [6.45, 7) is 4.64. The molecule has 0 aliphatic heterocycles. The zero-order valence-corrected chi connectivity index (χ0v) is 16.1. The number of thioether (sulfide) groups is 1. The van der Waals surface area contributed by atoms with Crippen LogP contribution in [0.5, 0.6) is 0 Å². The van der Waals surface area contributed by atoms with Crippen molar-refractivity contribution in [2.45, 2.75) is 31.8 Å². The second-order valence-electron chi connectivity index (χ2n) is 5.91. The van der Waals surface area contributed by atoms with Crippen molar-refractivity contribution in [2.24, 2.45) is 0 Å². The number of para-hydroxylation sites is 1. The first-order valence-corrected chi connectivity index (χ1v) is 9.26. The van der Waals surface area contributed by atoms with Gasteiger partial charge in [-0.1, -0.05) is 12.1 Å². The fourth-order valence-corrected chi connectivity index (χ4v) is 3.46. The molecule has 8 heteroatoms. The molecule has 0 radical (unpaired) electrons. The van der Waals surface area contributed by atoms with Crippen molar-refractivity contribution in [1.82, 2.24) is 4.98 Å². The number of aromatic nitrogens is 1. The first kappa shape index (κ1) is 20.6. The third-order valence-electron chi connectivity index (χ3n) is 3.91. The fourth-order valence-electron chi connectivity index (χ4n) is 2.79.